The largest absolute Gasteiger partial charge is 0.383 e. The maximum atomic E-state index is 13.3. The van der Waals surface area contributed by atoms with Gasteiger partial charge in [0.2, 0.25) is 5.82 Å². The number of aromatic nitrogens is 4. The number of fused-ring (bicyclic) bond motifs is 2. The lowest BCUT2D eigenvalue weighted by molar-refractivity contribution is 0.0767. The Morgan fingerprint density at radius 3 is 2.85 bits per heavy atom. The van der Waals surface area contributed by atoms with Crippen molar-refractivity contribution in [3.63, 3.8) is 0 Å². The van der Waals surface area contributed by atoms with E-state index in [0.29, 0.717) is 25.5 Å². The fourth-order valence-corrected chi connectivity index (χ4v) is 5.23. The van der Waals surface area contributed by atoms with Crippen LogP contribution in [-0.4, -0.2) is 69.4 Å². The zero-order valence-corrected chi connectivity index (χ0v) is 19.2. The molecule has 1 unspecified atom stereocenters. The minimum absolute atomic E-state index is 0.0526. The molecule has 2 aliphatic rings. The monoisotopic (exact) mass is 450 g/mol. The molecule has 2 amide bonds. The van der Waals surface area contributed by atoms with Gasteiger partial charge in [0.05, 0.1) is 6.61 Å². The zero-order chi connectivity index (χ0) is 23.0. The number of methoxy groups -OCH3 is 1. The normalized spacial score (nSPS) is 20.2. The molecule has 1 atom stereocenters. The minimum Gasteiger partial charge on any atom is -0.383 e. The molecule has 9 nitrogen and oxygen atoms in total. The Labute approximate surface area is 192 Å². The fraction of sp³-hybridized carbons (Fsp3) is 0.500. The molecule has 0 radical (unpaired) electrons. The molecule has 0 aliphatic carbocycles. The van der Waals surface area contributed by atoms with E-state index in [1.165, 1.54) is 0 Å². The third-order valence-electron chi connectivity index (χ3n) is 7.22. The van der Waals surface area contributed by atoms with Crippen molar-refractivity contribution in [2.45, 2.75) is 32.2 Å². The number of rotatable bonds is 5. The number of hydrogen-bond acceptors (Lipinski definition) is 5. The van der Waals surface area contributed by atoms with Crippen LogP contribution < -0.4 is 5.32 Å². The van der Waals surface area contributed by atoms with E-state index in [1.807, 2.05) is 47.0 Å². The van der Waals surface area contributed by atoms with E-state index in [4.69, 9.17) is 4.74 Å². The third-order valence-corrected chi connectivity index (χ3v) is 7.22. The maximum Gasteiger partial charge on any atom is 0.289 e. The number of nitrogens with one attached hydrogen (secondary N) is 1. The molecule has 2 aromatic heterocycles. The number of aryl methyl sites for hydroxylation is 2. The molecule has 2 aliphatic heterocycles. The first-order chi connectivity index (χ1) is 16.0. The summed E-state index contributed by atoms with van der Waals surface area (Å²) in [5.74, 6) is 1.09. The predicted octanol–water partition coefficient (Wildman–Crippen LogP) is 2.01. The van der Waals surface area contributed by atoms with Gasteiger partial charge in [0.25, 0.3) is 11.8 Å². The van der Waals surface area contributed by atoms with E-state index in [-0.39, 0.29) is 17.2 Å². The first-order valence-corrected chi connectivity index (χ1v) is 11.5. The number of ether oxygens (including phenoxy) is 1. The zero-order valence-electron chi connectivity index (χ0n) is 19.2. The molecule has 174 valence electrons. The highest BCUT2D eigenvalue weighted by Gasteiger charge is 2.41. The van der Waals surface area contributed by atoms with E-state index in [9.17, 15) is 9.59 Å². The van der Waals surface area contributed by atoms with Gasteiger partial charge in [-0.3, -0.25) is 9.59 Å². The summed E-state index contributed by atoms with van der Waals surface area (Å²) in [5.41, 5.74) is 1.92. The van der Waals surface area contributed by atoms with Gasteiger partial charge in [-0.2, -0.15) is 0 Å². The van der Waals surface area contributed by atoms with Crippen molar-refractivity contribution in [3.05, 3.63) is 47.7 Å². The van der Waals surface area contributed by atoms with Crippen LogP contribution in [0, 0.1) is 5.41 Å². The minimum atomic E-state index is -0.221. The number of amides is 2. The molecule has 3 aromatic rings. The van der Waals surface area contributed by atoms with Crippen LogP contribution in [0.5, 0.6) is 0 Å². The van der Waals surface area contributed by atoms with Crippen molar-refractivity contribution in [1.82, 2.24) is 29.5 Å². The Kier molecular flexibility index (Phi) is 5.65. The summed E-state index contributed by atoms with van der Waals surface area (Å²) in [6.45, 7) is 3.08. The van der Waals surface area contributed by atoms with E-state index in [1.54, 1.807) is 7.11 Å². The maximum absolute atomic E-state index is 13.3. The summed E-state index contributed by atoms with van der Waals surface area (Å²) in [6, 6.07) is 7.98. The topological polar surface area (TPSA) is 94.3 Å². The quantitative estimate of drug-likeness (QED) is 0.600. The van der Waals surface area contributed by atoms with Crippen LogP contribution in [0.1, 0.15) is 46.1 Å². The molecular formula is C24H30N6O3. The van der Waals surface area contributed by atoms with Crippen molar-refractivity contribution in [1.29, 1.82) is 0 Å². The highest BCUT2D eigenvalue weighted by molar-refractivity contribution is 5.98. The van der Waals surface area contributed by atoms with Crippen molar-refractivity contribution in [3.8, 4) is 0 Å². The van der Waals surface area contributed by atoms with Crippen LogP contribution in [0.3, 0.4) is 0 Å². The highest BCUT2D eigenvalue weighted by atomic mass is 16.5. The predicted molar refractivity (Wildman–Crippen MR) is 123 cm³/mol. The van der Waals surface area contributed by atoms with E-state index < -0.39 is 0 Å². The van der Waals surface area contributed by atoms with Crippen LogP contribution >= 0.6 is 0 Å². The molecule has 1 spiro atoms. The van der Waals surface area contributed by atoms with Crippen LogP contribution in [-0.2, 0) is 24.8 Å². The number of carbonyl (C=O) groups is 2. The molecule has 1 aromatic carbocycles. The second-order valence-electron chi connectivity index (χ2n) is 9.27. The van der Waals surface area contributed by atoms with Gasteiger partial charge in [-0.25, -0.2) is 0 Å². The number of benzene rings is 1. The van der Waals surface area contributed by atoms with E-state index >= 15 is 0 Å². The van der Waals surface area contributed by atoms with Crippen LogP contribution in [0.2, 0.25) is 0 Å². The number of nitrogens with zero attached hydrogens (tertiary/aromatic N) is 5. The first kappa shape index (κ1) is 21.6. The number of likely N-dealkylation sites (tertiary alicyclic amines) is 1. The molecule has 0 saturated carbocycles. The summed E-state index contributed by atoms with van der Waals surface area (Å²) in [4.78, 5) is 27.8. The molecular weight excluding hydrogens is 420 g/mol. The van der Waals surface area contributed by atoms with Crippen molar-refractivity contribution >= 4 is 22.7 Å². The Morgan fingerprint density at radius 1 is 1.15 bits per heavy atom. The molecule has 1 saturated heterocycles. The average Bonchev–Trinajstić information content (AvgIpc) is 3.50. The van der Waals surface area contributed by atoms with Crippen molar-refractivity contribution in [2.24, 2.45) is 12.5 Å². The van der Waals surface area contributed by atoms with Gasteiger partial charge in [0.15, 0.2) is 0 Å². The van der Waals surface area contributed by atoms with Gasteiger partial charge in [0, 0.05) is 69.4 Å². The summed E-state index contributed by atoms with van der Waals surface area (Å²) in [7, 11) is 3.61. The second-order valence-corrected chi connectivity index (χ2v) is 9.27. The summed E-state index contributed by atoms with van der Waals surface area (Å²) in [6.07, 6.45) is 5.59. The highest BCUT2D eigenvalue weighted by Crippen LogP contribution is 2.41. The molecule has 4 heterocycles. The molecule has 33 heavy (non-hydrogen) atoms. The Bertz CT molecular complexity index is 1200. The molecule has 0 bridgehead atoms. The van der Waals surface area contributed by atoms with E-state index in [2.05, 4.69) is 20.1 Å². The third kappa shape index (κ3) is 4.01. The fourth-order valence-electron chi connectivity index (χ4n) is 5.23. The lowest BCUT2D eigenvalue weighted by atomic mass is 9.80. The Morgan fingerprint density at radius 2 is 2.00 bits per heavy atom. The van der Waals surface area contributed by atoms with Crippen molar-refractivity contribution in [2.75, 3.05) is 33.4 Å². The summed E-state index contributed by atoms with van der Waals surface area (Å²) in [5, 5.41) is 12.3. The average molecular weight is 451 g/mol. The number of hydrogen-bond donors (Lipinski definition) is 1. The van der Waals surface area contributed by atoms with Crippen LogP contribution in [0.15, 0.2) is 30.5 Å². The van der Waals surface area contributed by atoms with Crippen LogP contribution in [0.25, 0.3) is 10.9 Å². The van der Waals surface area contributed by atoms with Crippen LogP contribution in [0.4, 0.5) is 0 Å². The summed E-state index contributed by atoms with van der Waals surface area (Å²) < 4.78 is 9.01. The Hall–Kier alpha value is -3.20. The van der Waals surface area contributed by atoms with Gasteiger partial charge >= 0.3 is 0 Å². The number of carbonyl (C=O) groups excluding carboxylic acids is 2. The molecule has 9 heteroatoms. The lowest BCUT2D eigenvalue weighted by Crippen LogP contribution is -2.33. The van der Waals surface area contributed by atoms with Gasteiger partial charge in [-0.05, 0) is 48.9 Å². The molecule has 1 N–H and O–H groups in total. The molecule has 1 fully saturated rings. The van der Waals surface area contributed by atoms with Gasteiger partial charge in [-0.1, -0.05) is 0 Å². The first-order valence-electron chi connectivity index (χ1n) is 11.5. The molecule has 5 rings (SSSR count). The van der Waals surface area contributed by atoms with Gasteiger partial charge < -0.3 is 24.1 Å². The lowest BCUT2D eigenvalue weighted by Gasteiger charge is -2.27. The van der Waals surface area contributed by atoms with E-state index in [0.717, 1.165) is 61.1 Å². The summed E-state index contributed by atoms with van der Waals surface area (Å²) >= 11 is 0. The smallest absolute Gasteiger partial charge is 0.289 e. The Balaban J connectivity index is 1.27. The van der Waals surface area contributed by atoms with Gasteiger partial charge in [-0.15, -0.1) is 10.2 Å². The van der Waals surface area contributed by atoms with Gasteiger partial charge in [0.1, 0.15) is 5.82 Å². The SMILES string of the molecule is COCCNC(=O)c1nnc2n1CCC1(CC2)CCN(C(=O)c2ccc3c(ccn3C)c2)C1. The van der Waals surface area contributed by atoms with Crippen molar-refractivity contribution < 1.29 is 14.3 Å². The second kappa shape index (κ2) is 8.62. The standard InChI is InChI=1S/C24H30N6O3/c1-28-11-6-17-15-18(3-4-19(17)28)23(32)29-12-8-24(16-29)7-5-20-26-27-21(30(20)13-9-24)22(31)25-10-14-33-2/h3-4,6,11,15H,5,7-10,12-14,16H2,1-2H3,(H,25,31).